The van der Waals surface area contributed by atoms with Gasteiger partial charge in [-0.05, 0) is 49.8 Å². The van der Waals surface area contributed by atoms with Gasteiger partial charge in [-0.3, -0.25) is 0 Å². The van der Waals surface area contributed by atoms with E-state index in [1.54, 1.807) is 19.2 Å². The van der Waals surface area contributed by atoms with E-state index < -0.39 is 5.82 Å². The van der Waals surface area contributed by atoms with Crippen molar-refractivity contribution in [1.29, 1.82) is 0 Å². The topological polar surface area (TPSA) is 71.0 Å². The van der Waals surface area contributed by atoms with Gasteiger partial charge in [0, 0.05) is 17.6 Å². The number of nitrogens with zero attached hydrogens (tertiary/aromatic N) is 4. The van der Waals surface area contributed by atoms with Crippen LogP contribution in [-0.4, -0.2) is 38.2 Å². The standard InChI is InChI=1S/C18H20FN5O/c1-10-3-12-6-13(4-10)24(12)18(25)22-16-7-14(11(2)5-15(16)19)17-8-20-9-21-23-17/h5,7-10,12-13H,3-4,6H2,1-2H3,(H,22,25)/t10?,12-,13+. The molecule has 3 heterocycles. The average molecular weight is 341 g/mol. The van der Waals surface area contributed by atoms with Crippen LogP contribution in [0, 0.1) is 18.7 Å². The molecule has 2 aromatic rings. The molecule has 2 aliphatic heterocycles. The smallest absolute Gasteiger partial charge is 0.318 e. The van der Waals surface area contributed by atoms with E-state index in [2.05, 4.69) is 27.4 Å². The summed E-state index contributed by atoms with van der Waals surface area (Å²) in [6.07, 6.45) is 6.02. The minimum Gasteiger partial charge on any atom is -0.318 e. The molecule has 1 aromatic carbocycles. The van der Waals surface area contributed by atoms with Crippen LogP contribution in [0.4, 0.5) is 14.9 Å². The van der Waals surface area contributed by atoms with Gasteiger partial charge in [0.15, 0.2) is 0 Å². The molecule has 7 heteroatoms. The van der Waals surface area contributed by atoms with Gasteiger partial charge >= 0.3 is 6.03 Å². The number of hydrogen-bond donors (Lipinski definition) is 1. The number of halogens is 1. The lowest BCUT2D eigenvalue weighted by Crippen LogP contribution is -2.63. The zero-order valence-corrected chi connectivity index (χ0v) is 14.2. The molecule has 25 heavy (non-hydrogen) atoms. The van der Waals surface area contributed by atoms with Gasteiger partial charge < -0.3 is 10.2 Å². The molecule has 2 fully saturated rings. The van der Waals surface area contributed by atoms with Crippen molar-refractivity contribution in [3.05, 3.63) is 36.0 Å². The number of carbonyl (C=O) groups excluding carboxylic acids is 1. The molecule has 1 N–H and O–H groups in total. The first-order valence-corrected chi connectivity index (χ1v) is 8.55. The summed E-state index contributed by atoms with van der Waals surface area (Å²) in [5.41, 5.74) is 2.13. The number of benzene rings is 1. The second-order valence-electron chi connectivity index (χ2n) is 7.10. The van der Waals surface area contributed by atoms with E-state index in [-0.39, 0.29) is 23.8 Å². The first-order valence-electron chi connectivity index (χ1n) is 8.55. The summed E-state index contributed by atoms with van der Waals surface area (Å²) < 4.78 is 14.4. The molecule has 0 aliphatic carbocycles. The van der Waals surface area contributed by atoms with Gasteiger partial charge in [-0.15, -0.1) is 10.2 Å². The molecule has 3 atom stereocenters. The Bertz CT molecular complexity index is 801. The Balaban J connectivity index is 1.58. The van der Waals surface area contributed by atoms with Crippen LogP contribution >= 0.6 is 0 Å². The Morgan fingerprint density at radius 3 is 2.72 bits per heavy atom. The molecule has 1 unspecified atom stereocenters. The lowest BCUT2D eigenvalue weighted by atomic mass is 9.74. The van der Waals surface area contributed by atoms with E-state index in [9.17, 15) is 9.18 Å². The van der Waals surface area contributed by atoms with Crippen LogP contribution in [0.25, 0.3) is 11.3 Å². The van der Waals surface area contributed by atoms with Crippen molar-refractivity contribution in [1.82, 2.24) is 20.1 Å². The number of anilines is 1. The number of amides is 2. The Morgan fingerprint density at radius 2 is 2.04 bits per heavy atom. The molecule has 0 saturated carbocycles. The Hall–Kier alpha value is -2.57. The third-order valence-corrected chi connectivity index (χ3v) is 5.23. The third kappa shape index (κ3) is 2.83. The van der Waals surface area contributed by atoms with Crippen molar-refractivity contribution in [3.8, 4) is 11.3 Å². The summed E-state index contributed by atoms with van der Waals surface area (Å²) >= 11 is 0. The number of fused-ring (bicyclic) bond motifs is 2. The normalized spacial score (nSPS) is 24.6. The van der Waals surface area contributed by atoms with Crippen molar-refractivity contribution in [2.45, 2.75) is 45.2 Å². The highest BCUT2D eigenvalue weighted by Gasteiger charge is 2.46. The van der Waals surface area contributed by atoms with Crippen molar-refractivity contribution in [3.63, 3.8) is 0 Å². The Kier molecular flexibility index (Phi) is 3.86. The largest absolute Gasteiger partial charge is 0.322 e. The molecule has 0 spiro atoms. The average Bonchev–Trinajstić information content (AvgIpc) is 2.57. The SMILES string of the molecule is Cc1cc(F)c(NC(=O)N2[C@@H]3CC(C)C[C@H]2C3)cc1-c1cncnn1. The number of rotatable bonds is 2. The van der Waals surface area contributed by atoms with Crippen molar-refractivity contribution in [2.24, 2.45) is 5.92 Å². The van der Waals surface area contributed by atoms with Gasteiger partial charge in [-0.2, -0.15) is 0 Å². The Morgan fingerprint density at radius 1 is 1.28 bits per heavy atom. The molecule has 6 nitrogen and oxygen atoms in total. The molecular weight excluding hydrogens is 321 g/mol. The van der Waals surface area contributed by atoms with Crippen molar-refractivity contribution >= 4 is 11.7 Å². The van der Waals surface area contributed by atoms with E-state index in [1.165, 1.54) is 12.4 Å². The van der Waals surface area contributed by atoms with E-state index in [0.29, 0.717) is 22.7 Å². The van der Waals surface area contributed by atoms with E-state index in [1.807, 2.05) is 4.90 Å². The highest BCUT2D eigenvalue weighted by Crippen LogP contribution is 2.41. The van der Waals surface area contributed by atoms with Gasteiger partial charge in [-0.25, -0.2) is 14.2 Å². The van der Waals surface area contributed by atoms with Crippen LogP contribution < -0.4 is 5.32 Å². The Labute approximate surface area is 145 Å². The van der Waals surface area contributed by atoms with E-state index in [0.717, 1.165) is 19.3 Å². The number of carbonyl (C=O) groups is 1. The van der Waals surface area contributed by atoms with Crippen LogP contribution in [-0.2, 0) is 0 Å². The summed E-state index contributed by atoms with van der Waals surface area (Å²) in [7, 11) is 0. The quantitative estimate of drug-likeness (QED) is 0.909. The van der Waals surface area contributed by atoms with Crippen LogP contribution in [0.2, 0.25) is 0 Å². The second-order valence-corrected chi connectivity index (χ2v) is 7.10. The van der Waals surface area contributed by atoms with Gasteiger partial charge in [0.1, 0.15) is 17.8 Å². The van der Waals surface area contributed by atoms with Gasteiger partial charge in [0.25, 0.3) is 0 Å². The first-order chi connectivity index (χ1) is 12.0. The molecule has 2 amide bonds. The maximum Gasteiger partial charge on any atom is 0.322 e. The number of aromatic nitrogens is 3. The number of hydrogen-bond acceptors (Lipinski definition) is 4. The minimum atomic E-state index is -0.453. The maximum absolute atomic E-state index is 14.4. The molecule has 4 rings (SSSR count). The number of urea groups is 1. The first kappa shape index (κ1) is 15.9. The highest BCUT2D eigenvalue weighted by atomic mass is 19.1. The lowest BCUT2D eigenvalue weighted by Gasteiger charge is -2.54. The van der Waals surface area contributed by atoms with Crippen LogP contribution in [0.15, 0.2) is 24.7 Å². The van der Waals surface area contributed by atoms with E-state index in [4.69, 9.17) is 0 Å². The second kappa shape index (κ2) is 6.06. The summed E-state index contributed by atoms with van der Waals surface area (Å²) in [5.74, 6) is 0.199. The van der Waals surface area contributed by atoms with Crippen LogP contribution in [0.5, 0.6) is 0 Å². The number of piperidine rings is 1. The molecule has 1 aromatic heterocycles. The van der Waals surface area contributed by atoms with Gasteiger partial charge in [0.05, 0.1) is 11.9 Å². The summed E-state index contributed by atoms with van der Waals surface area (Å²) in [6.45, 7) is 4.01. The van der Waals surface area contributed by atoms with Gasteiger partial charge in [-0.1, -0.05) is 6.92 Å². The lowest BCUT2D eigenvalue weighted by molar-refractivity contribution is -0.00603. The van der Waals surface area contributed by atoms with Crippen LogP contribution in [0.3, 0.4) is 0 Å². The molecule has 130 valence electrons. The minimum absolute atomic E-state index is 0.161. The molecule has 2 saturated heterocycles. The van der Waals surface area contributed by atoms with Crippen molar-refractivity contribution in [2.75, 3.05) is 5.32 Å². The summed E-state index contributed by atoms with van der Waals surface area (Å²) in [6, 6.07) is 3.35. The molecule has 2 bridgehead atoms. The monoisotopic (exact) mass is 341 g/mol. The molecule has 2 aliphatic rings. The molecular formula is C18H20FN5O. The number of nitrogens with one attached hydrogen (secondary N) is 1. The van der Waals surface area contributed by atoms with Crippen molar-refractivity contribution < 1.29 is 9.18 Å². The fourth-order valence-corrected chi connectivity index (χ4v) is 4.07. The summed E-state index contributed by atoms with van der Waals surface area (Å²) in [5, 5.41) is 10.5. The zero-order chi connectivity index (χ0) is 17.6. The predicted molar refractivity (Wildman–Crippen MR) is 91.4 cm³/mol. The summed E-state index contributed by atoms with van der Waals surface area (Å²) in [4.78, 5) is 18.4. The predicted octanol–water partition coefficient (Wildman–Crippen LogP) is 3.39. The maximum atomic E-state index is 14.4. The van der Waals surface area contributed by atoms with E-state index >= 15 is 0 Å². The molecule has 0 radical (unpaired) electrons. The fraction of sp³-hybridized carbons (Fsp3) is 0.444. The third-order valence-electron chi connectivity index (χ3n) is 5.23. The number of aryl methyl sites for hydroxylation is 1. The zero-order valence-electron chi connectivity index (χ0n) is 14.2. The fourth-order valence-electron chi connectivity index (χ4n) is 4.07. The highest BCUT2D eigenvalue weighted by molar-refractivity contribution is 5.91. The van der Waals surface area contributed by atoms with Crippen LogP contribution in [0.1, 0.15) is 31.7 Å². The van der Waals surface area contributed by atoms with Gasteiger partial charge in [0.2, 0.25) is 0 Å².